The Balaban J connectivity index is 1.73. The number of hydrogen-bond donors (Lipinski definition) is 1. The van der Waals surface area contributed by atoms with Crippen LogP contribution in [0.25, 0.3) is 0 Å². The summed E-state index contributed by atoms with van der Waals surface area (Å²) in [4.78, 5) is 10.7. The van der Waals surface area contributed by atoms with Gasteiger partial charge in [-0.15, -0.1) is 0 Å². The molecule has 0 aromatic heterocycles. The molecule has 0 saturated heterocycles. The van der Waals surface area contributed by atoms with Crippen molar-refractivity contribution in [2.45, 2.75) is 51.4 Å². The van der Waals surface area contributed by atoms with Crippen molar-refractivity contribution in [1.82, 2.24) is 5.32 Å². The molecule has 128 valence electrons. The van der Waals surface area contributed by atoms with Gasteiger partial charge in [0, 0.05) is 13.5 Å². The van der Waals surface area contributed by atoms with Crippen molar-refractivity contribution in [2.75, 3.05) is 19.7 Å². The molecule has 1 aromatic rings. The summed E-state index contributed by atoms with van der Waals surface area (Å²) in [6.07, 6.45) is 5.95. The van der Waals surface area contributed by atoms with Gasteiger partial charge in [0.05, 0.1) is 0 Å². The lowest BCUT2D eigenvalue weighted by atomic mass is 9.60. The SMILES string of the molecule is CC(=O)OCCNCCC(C)CC1(c2ccc(F)cc2)CCC1. The van der Waals surface area contributed by atoms with Crippen LogP contribution in [0.2, 0.25) is 0 Å². The molecule has 0 radical (unpaired) electrons. The smallest absolute Gasteiger partial charge is 0.302 e. The fourth-order valence-electron chi connectivity index (χ4n) is 3.53. The minimum absolute atomic E-state index is 0.159. The molecule has 0 heterocycles. The molecule has 1 unspecified atom stereocenters. The third-order valence-electron chi connectivity index (χ3n) is 4.90. The molecule has 1 atom stereocenters. The van der Waals surface area contributed by atoms with Gasteiger partial charge in [0.15, 0.2) is 0 Å². The molecular formula is C19H28FNO2. The molecule has 3 nitrogen and oxygen atoms in total. The van der Waals surface area contributed by atoms with Crippen LogP contribution < -0.4 is 5.32 Å². The number of benzene rings is 1. The molecule has 0 aliphatic heterocycles. The van der Waals surface area contributed by atoms with Crippen LogP contribution in [0.3, 0.4) is 0 Å². The predicted octanol–water partition coefficient (Wildman–Crippen LogP) is 3.82. The van der Waals surface area contributed by atoms with Gasteiger partial charge < -0.3 is 10.1 Å². The number of ether oxygens (including phenoxy) is 1. The van der Waals surface area contributed by atoms with Crippen molar-refractivity contribution in [3.63, 3.8) is 0 Å². The van der Waals surface area contributed by atoms with E-state index in [2.05, 4.69) is 12.2 Å². The summed E-state index contributed by atoms with van der Waals surface area (Å²) in [5, 5.41) is 3.31. The summed E-state index contributed by atoms with van der Waals surface area (Å²) in [5.41, 5.74) is 1.55. The Morgan fingerprint density at radius 2 is 2.00 bits per heavy atom. The van der Waals surface area contributed by atoms with Gasteiger partial charge in [0.25, 0.3) is 0 Å². The van der Waals surface area contributed by atoms with E-state index in [0.29, 0.717) is 19.1 Å². The van der Waals surface area contributed by atoms with E-state index < -0.39 is 0 Å². The minimum atomic E-state index is -0.230. The highest BCUT2D eigenvalue weighted by Crippen LogP contribution is 2.48. The van der Waals surface area contributed by atoms with Crippen LogP contribution in [0.4, 0.5) is 4.39 Å². The minimum Gasteiger partial charge on any atom is -0.465 e. The summed E-state index contributed by atoms with van der Waals surface area (Å²) < 4.78 is 18.0. The van der Waals surface area contributed by atoms with Crippen LogP contribution in [0.1, 0.15) is 51.5 Å². The normalized spacial score (nSPS) is 17.3. The number of esters is 1. The first-order valence-corrected chi connectivity index (χ1v) is 8.62. The Morgan fingerprint density at radius 1 is 1.30 bits per heavy atom. The average Bonchev–Trinajstić information content (AvgIpc) is 2.47. The Hall–Kier alpha value is -1.42. The van der Waals surface area contributed by atoms with Crippen LogP contribution in [0.5, 0.6) is 0 Å². The number of carbonyl (C=O) groups excluding carboxylic acids is 1. The third kappa shape index (κ3) is 5.31. The van der Waals surface area contributed by atoms with Gasteiger partial charge in [-0.05, 0) is 61.3 Å². The van der Waals surface area contributed by atoms with E-state index in [9.17, 15) is 9.18 Å². The zero-order valence-corrected chi connectivity index (χ0v) is 14.2. The lowest BCUT2D eigenvalue weighted by molar-refractivity contribution is -0.140. The largest absolute Gasteiger partial charge is 0.465 e. The maximum atomic E-state index is 13.1. The molecule has 4 heteroatoms. The predicted molar refractivity (Wildman–Crippen MR) is 89.8 cm³/mol. The van der Waals surface area contributed by atoms with Crippen molar-refractivity contribution in [1.29, 1.82) is 0 Å². The first-order valence-electron chi connectivity index (χ1n) is 8.62. The fourth-order valence-corrected chi connectivity index (χ4v) is 3.53. The van der Waals surface area contributed by atoms with Gasteiger partial charge in [-0.1, -0.05) is 25.5 Å². The molecule has 1 N–H and O–H groups in total. The van der Waals surface area contributed by atoms with Gasteiger partial charge in [0.1, 0.15) is 12.4 Å². The van der Waals surface area contributed by atoms with E-state index in [1.165, 1.54) is 31.7 Å². The highest BCUT2D eigenvalue weighted by molar-refractivity contribution is 5.65. The van der Waals surface area contributed by atoms with E-state index in [1.54, 1.807) is 12.1 Å². The van der Waals surface area contributed by atoms with E-state index in [4.69, 9.17) is 4.74 Å². The second kappa shape index (κ2) is 8.44. The fraction of sp³-hybridized carbons (Fsp3) is 0.632. The van der Waals surface area contributed by atoms with Crippen LogP contribution in [0, 0.1) is 11.7 Å². The quantitative estimate of drug-likeness (QED) is 0.555. The van der Waals surface area contributed by atoms with Crippen molar-refractivity contribution < 1.29 is 13.9 Å². The molecule has 0 spiro atoms. The maximum Gasteiger partial charge on any atom is 0.302 e. The Bertz CT molecular complexity index is 497. The van der Waals surface area contributed by atoms with Crippen molar-refractivity contribution in [2.24, 2.45) is 5.92 Å². The lowest BCUT2D eigenvalue weighted by Gasteiger charge is -2.44. The third-order valence-corrected chi connectivity index (χ3v) is 4.90. The van der Waals surface area contributed by atoms with E-state index in [1.807, 2.05) is 12.1 Å². The van der Waals surface area contributed by atoms with Gasteiger partial charge in [-0.25, -0.2) is 4.39 Å². The molecular weight excluding hydrogens is 293 g/mol. The molecule has 1 aliphatic carbocycles. The summed E-state index contributed by atoms with van der Waals surface area (Å²) >= 11 is 0. The van der Waals surface area contributed by atoms with Gasteiger partial charge in [-0.2, -0.15) is 0 Å². The zero-order chi connectivity index (χ0) is 16.7. The average molecular weight is 321 g/mol. The molecule has 1 aliphatic rings. The van der Waals surface area contributed by atoms with Crippen LogP contribution >= 0.6 is 0 Å². The van der Waals surface area contributed by atoms with Gasteiger partial charge in [-0.3, -0.25) is 4.79 Å². The highest BCUT2D eigenvalue weighted by Gasteiger charge is 2.39. The molecule has 1 aromatic carbocycles. The second-order valence-electron chi connectivity index (χ2n) is 6.83. The van der Waals surface area contributed by atoms with Crippen LogP contribution in [0.15, 0.2) is 24.3 Å². The van der Waals surface area contributed by atoms with Crippen molar-refractivity contribution in [3.05, 3.63) is 35.6 Å². The van der Waals surface area contributed by atoms with E-state index >= 15 is 0 Å². The second-order valence-corrected chi connectivity index (χ2v) is 6.83. The number of nitrogens with one attached hydrogen (secondary N) is 1. The summed E-state index contributed by atoms with van der Waals surface area (Å²) in [5.74, 6) is 0.223. The molecule has 0 amide bonds. The first-order chi connectivity index (χ1) is 11.0. The Labute approximate surface area is 138 Å². The maximum absolute atomic E-state index is 13.1. The monoisotopic (exact) mass is 321 g/mol. The first kappa shape index (κ1) is 17.9. The van der Waals surface area contributed by atoms with Crippen molar-refractivity contribution >= 4 is 5.97 Å². The standard InChI is InChI=1S/C19H28FNO2/c1-15(8-11-21-12-13-23-16(2)22)14-19(9-3-10-19)17-4-6-18(20)7-5-17/h4-7,15,21H,3,8-14H2,1-2H3. The van der Waals surface area contributed by atoms with Crippen LogP contribution in [-0.4, -0.2) is 25.7 Å². The molecule has 1 saturated carbocycles. The number of halogens is 1. The lowest BCUT2D eigenvalue weighted by Crippen LogP contribution is -2.36. The summed E-state index contributed by atoms with van der Waals surface area (Å²) in [6.45, 7) is 5.79. The Kier molecular flexibility index (Phi) is 6.58. The highest BCUT2D eigenvalue weighted by atomic mass is 19.1. The molecule has 23 heavy (non-hydrogen) atoms. The van der Waals surface area contributed by atoms with Crippen molar-refractivity contribution in [3.8, 4) is 0 Å². The number of rotatable bonds is 9. The summed E-state index contributed by atoms with van der Waals surface area (Å²) in [6, 6.07) is 7.07. The van der Waals surface area contributed by atoms with Gasteiger partial charge >= 0.3 is 5.97 Å². The molecule has 2 rings (SSSR count). The molecule has 0 bridgehead atoms. The topological polar surface area (TPSA) is 38.3 Å². The van der Waals surface area contributed by atoms with E-state index in [0.717, 1.165) is 19.4 Å². The zero-order valence-electron chi connectivity index (χ0n) is 14.2. The summed E-state index contributed by atoms with van der Waals surface area (Å²) in [7, 11) is 0. The Morgan fingerprint density at radius 3 is 2.57 bits per heavy atom. The van der Waals surface area contributed by atoms with E-state index in [-0.39, 0.29) is 17.2 Å². The van der Waals surface area contributed by atoms with Gasteiger partial charge in [0.2, 0.25) is 0 Å². The molecule has 1 fully saturated rings. The number of carbonyl (C=O) groups is 1. The van der Waals surface area contributed by atoms with Crippen LogP contribution in [-0.2, 0) is 14.9 Å². The number of hydrogen-bond acceptors (Lipinski definition) is 3.